The summed E-state index contributed by atoms with van der Waals surface area (Å²) in [5.41, 5.74) is -2.16. The number of nitrogens with one attached hydrogen (secondary N) is 1. The van der Waals surface area contributed by atoms with E-state index < -0.39 is 60.8 Å². The lowest BCUT2D eigenvalue weighted by atomic mass is 9.61. The molecule has 3 rings (SSSR count). The van der Waals surface area contributed by atoms with Gasteiger partial charge in [0, 0.05) is 45.2 Å². The lowest BCUT2D eigenvalue weighted by molar-refractivity contribution is -0.179. The van der Waals surface area contributed by atoms with Crippen LogP contribution in [0.15, 0.2) is 24.3 Å². The molecule has 16 nitrogen and oxygen atoms in total. The van der Waals surface area contributed by atoms with Crippen molar-refractivity contribution in [2.75, 3.05) is 65.8 Å². The van der Waals surface area contributed by atoms with Gasteiger partial charge in [-0.15, -0.1) is 0 Å². The Morgan fingerprint density at radius 1 is 0.494 bits per heavy atom. The standard InChI is InChI=1S/C65H110N2O14/c1-4-7-10-13-15-17-32-49-75-57(68)37-24-26-39-59(70)77-51-64(54-80-62(73)65(43-28-20-29-44-65)55-34-21-19-22-35-55,52-78-60(71)40-27-25-38-58(69)76-50-33-18-16-14-11-8-5-2)53-79-61(72)42-41-56(36-23-12-9-6-3)81-63(74)66-45-48-67-46-30-31-47-67/h15-18,55-56H,4-14,19-54H2,1-3H3,(H,66,74)/b17-15-,18-16-. The summed E-state index contributed by atoms with van der Waals surface area (Å²) >= 11 is 0. The van der Waals surface area contributed by atoms with Crippen LogP contribution in [0.5, 0.6) is 0 Å². The summed E-state index contributed by atoms with van der Waals surface area (Å²) in [6, 6.07) is 0. The molecule has 81 heavy (non-hydrogen) atoms. The molecule has 464 valence electrons. The molecule has 0 bridgehead atoms. The number of likely N-dealkylation sites (tertiary alicyclic amines) is 1. The lowest BCUT2D eigenvalue weighted by Gasteiger charge is -2.43. The number of hydrogen-bond donors (Lipinski definition) is 1. The SMILES string of the molecule is CCCCC/C=C\CCOC(=O)CCCCC(=O)OCC(COC(=O)CCCCC(=O)OCC/C=C\CCCCC)(COC(=O)CCC(CCCCCC)OC(=O)NCCN1CCCC1)COC(=O)C1(C2CCCCC2)CCCCC1. The van der Waals surface area contributed by atoms with E-state index in [0.29, 0.717) is 77.5 Å². The van der Waals surface area contributed by atoms with Crippen LogP contribution in [-0.4, -0.2) is 119 Å². The molecule has 1 amide bonds. The van der Waals surface area contributed by atoms with E-state index in [1.54, 1.807) is 0 Å². The third-order valence-corrected chi connectivity index (χ3v) is 16.3. The second kappa shape index (κ2) is 45.0. The Morgan fingerprint density at radius 3 is 1.47 bits per heavy atom. The second-order valence-electron chi connectivity index (χ2n) is 23.4. The van der Waals surface area contributed by atoms with E-state index in [2.05, 4.69) is 43.1 Å². The summed E-state index contributed by atoms with van der Waals surface area (Å²) in [5.74, 6) is -2.57. The van der Waals surface area contributed by atoms with Crippen molar-refractivity contribution < 1.29 is 66.7 Å². The van der Waals surface area contributed by atoms with E-state index in [1.165, 1.54) is 25.7 Å². The summed E-state index contributed by atoms with van der Waals surface area (Å²) in [5, 5.41) is 2.88. The molecule has 0 spiro atoms. The maximum Gasteiger partial charge on any atom is 0.407 e. The molecular weight excluding hydrogens is 1030 g/mol. The first-order valence-electron chi connectivity index (χ1n) is 32.4. The average molecular weight is 1140 g/mol. The van der Waals surface area contributed by atoms with E-state index in [1.807, 2.05) is 12.2 Å². The Morgan fingerprint density at radius 2 is 0.951 bits per heavy atom. The number of alkyl carbamates (subject to hydrolysis) is 1. The van der Waals surface area contributed by atoms with Gasteiger partial charge in [0.1, 0.15) is 37.9 Å². The average Bonchev–Trinajstić information content (AvgIpc) is 4.15. The van der Waals surface area contributed by atoms with E-state index in [4.69, 9.17) is 33.2 Å². The van der Waals surface area contributed by atoms with Gasteiger partial charge in [-0.25, -0.2) is 4.79 Å². The van der Waals surface area contributed by atoms with Gasteiger partial charge in [-0.3, -0.25) is 28.8 Å². The highest BCUT2D eigenvalue weighted by atomic mass is 16.6. The maximum absolute atomic E-state index is 14.7. The first-order valence-corrected chi connectivity index (χ1v) is 32.4. The third kappa shape index (κ3) is 32.8. The van der Waals surface area contributed by atoms with Crippen LogP contribution in [0.2, 0.25) is 0 Å². The number of allylic oxidation sites excluding steroid dienone is 2. The molecule has 1 atom stereocenters. The largest absolute Gasteiger partial charge is 0.465 e. The van der Waals surface area contributed by atoms with E-state index in [9.17, 15) is 33.6 Å². The Labute approximate surface area is 488 Å². The fourth-order valence-corrected chi connectivity index (χ4v) is 11.2. The number of ether oxygens (including phenoxy) is 7. The Bertz CT molecular complexity index is 1740. The van der Waals surface area contributed by atoms with E-state index >= 15 is 0 Å². The van der Waals surface area contributed by atoms with Crippen LogP contribution in [0, 0.1) is 16.7 Å². The molecule has 3 fully saturated rings. The molecule has 3 aliphatic rings. The molecule has 0 aromatic rings. The van der Waals surface area contributed by atoms with Crippen LogP contribution in [-0.2, 0) is 61.9 Å². The first kappa shape index (κ1) is 70.8. The highest BCUT2D eigenvalue weighted by Gasteiger charge is 2.49. The first-order chi connectivity index (χ1) is 39.4. The number of hydrogen-bond acceptors (Lipinski definition) is 15. The maximum atomic E-state index is 14.7. The lowest BCUT2D eigenvalue weighted by Crippen LogP contribution is -2.47. The highest BCUT2D eigenvalue weighted by molar-refractivity contribution is 5.77. The zero-order valence-corrected chi connectivity index (χ0v) is 50.9. The van der Waals surface area contributed by atoms with Crippen molar-refractivity contribution in [1.29, 1.82) is 0 Å². The molecular formula is C65H110N2O14. The number of carbonyl (C=O) groups excluding carboxylic acids is 7. The topological polar surface area (TPSA) is 199 Å². The smallest absolute Gasteiger partial charge is 0.407 e. The van der Waals surface area contributed by atoms with Crippen molar-refractivity contribution >= 4 is 41.9 Å². The quantitative estimate of drug-likeness (QED) is 0.0261. The molecule has 1 unspecified atom stereocenters. The molecule has 1 saturated heterocycles. The normalized spacial score (nSPS) is 16.2. The predicted octanol–water partition coefficient (Wildman–Crippen LogP) is 13.9. The predicted molar refractivity (Wildman–Crippen MR) is 315 cm³/mol. The third-order valence-electron chi connectivity index (χ3n) is 16.3. The Kier molecular flexibility index (Phi) is 39.4. The van der Waals surface area contributed by atoms with Crippen LogP contribution < -0.4 is 5.32 Å². The minimum absolute atomic E-state index is 0.0162. The fraction of sp³-hybridized carbons (Fsp3) is 0.831. The van der Waals surface area contributed by atoms with Gasteiger partial charge in [0.05, 0.1) is 18.6 Å². The van der Waals surface area contributed by atoms with Gasteiger partial charge < -0.3 is 43.4 Å². The van der Waals surface area contributed by atoms with Crippen LogP contribution in [0.25, 0.3) is 0 Å². The second-order valence-corrected chi connectivity index (χ2v) is 23.4. The zero-order valence-electron chi connectivity index (χ0n) is 50.9. The van der Waals surface area contributed by atoms with Gasteiger partial charge in [0.15, 0.2) is 0 Å². The zero-order chi connectivity index (χ0) is 58.5. The number of carbonyl (C=O) groups is 7. The number of nitrogens with zero attached hydrogens (tertiary/aromatic N) is 1. The van der Waals surface area contributed by atoms with Crippen LogP contribution in [0.4, 0.5) is 4.79 Å². The van der Waals surface area contributed by atoms with Crippen LogP contribution in [0.3, 0.4) is 0 Å². The molecule has 0 radical (unpaired) electrons. The van der Waals surface area contributed by atoms with Crippen molar-refractivity contribution in [3.63, 3.8) is 0 Å². The van der Waals surface area contributed by atoms with Crippen molar-refractivity contribution in [1.82, 2.24) is 10.2 Å². The van der Waals surface area contributed by atoms with Gasteiger partial charge in [-0.2, -0.15) is 0 Å². The monoisotopic (exact) mass is 1140 g/mol. The van der Waals surface area contributed by atoms with Crippen molar-refractivity contribution in [3.05, 3.63) is 24.3 Å². The van der Waals surface area contributed by atoms with Gasteiger partial charge in [0.25, 0.3) is 0 Å². The summed E-state index contributed by atoms with van der Waals surface area (Å²) in [6.07, 6.45) is 35.6. The number of rotatable bonds is 46. The van der Waals surface area contributed by atoms with Crippen molar-refractivity contribution in [2.45, 2.75) is 264 Å². The molecule has 2 saturated carbocycles. The summed E-state index contributed by atoms with van der Waals surface area (Å²) in [6.45, 7) is 8.74. The Balaban J connectivity index is 1.75. The summed E-state index contributed by atoms with van der Waals surface area (Å²) in [4.78, 5) is 95.9. The Hall–Kier alpha value is -4.47. The number of esters is 6. The minimum atomic E-state index is -1.49. The molecule has 1 heterocycles. The van der Waals surface area contributed by atoms with Crippen molar-refractivity contribution in [3.8, 4) is 0 Å². The van der Waals surface area contributed by atoms with Gasteiger partial charge in [-0.05, 0) is 141 Å². The molecule has 0 aromatic heterocycles. The summed E-state index contributed by atoms with van der Waals surface area (Å²) in [7, 11) is 0. The van der Waals surface area contributed by atoms with Crippen LogP contribution >= 0.6 is 0 Å². The molecule has 2 aliphatic carbocycles. The molecule has 1 N–H and O–H groups in total. The fourth-order valence-electron chi connectivity index (χ4n) is 11.2. The number of unbranched alkanes of at least 4 members (excludes halogenated alkanes) is 11. The number of amides is 1. The minimum Gasteiger partial charge on any atom is -0.465 e. The van der Waals surface area contributed by atoms with Crippen LogP contribution in [0.1, 0.15) is 258 Å². The van der Waals surface area contributed by atoms with Crippen molar-refractivity contribution in [2.24, 2.45) is 16.7 Å². The van der Waals surface area contributed by atoms with E-state index in [-0.39, 0.29) is 69.0 Å². The summed E-state index contributed by atoms with van der Waals surface area (Å²) < 4.78 is 40.9. The molecule has 1 aliphatic heterocycles. The molecule has 16 heteroatoms. The van der Waals surface area contributed by atoms with E-state index in [0.717, 1.165) is 135 Å². The molecule has 0 aromatic carbocycles. The van der Waals surface area contributed by atoms with Gasteiger partial charge in [-0.1, -0.05) is 129 Å². The highest BCUT2D eigenvalue weighted by Crippen LogP contribution is 2.49. The van der Waals surface area contributed by atoms with Gasteiger partial charge in [0.2, 0.25) is 0 Å². The van der Waals surface area contributed by atoms with Gasteiger partial charge >= 0.3 is 41.9 Å².